The van der Waals surface area contributed by atoms with Crippen molar-refractivity contribution in [2.75, 3.05) is 30.1 Å². The summed E-state index contributed by atoms with van der Waals surface area (Å²) in [6.45, 7) is 1.62. The van der Waals surface area contributed by atoms with Gasteiger partial charge in [0.2, 0.25) is 21.1 Å². The lowest BCUT2D eigenvalue weighted by Crippen LogP contribution is -2.47. The van der Waals surface area contributed by atoms with Crippen LogP contribution in [0.4, 0.5) is 16.5 Å². The van der Waals surface area contributed by atoms with Crippen molar-refractivity contribution < 1.29 is 27.6 Å². The fourth-order valence-corrected chi connectivity index (χ4v) is 5.27. The van der Waals surface area contributed by atoms with Crippen LogP contribution < -0.4 is 19.1 Å². The van der Waals surface area contributed by atoms with Crippen molar-refractivity contribution in [2.45, 2.75) is 19.4 Å². The van der Waals surface area contributed by atoms with Crippen molar-refractivity contribution in [3.63, 3.8) is 0 Å². The van der Waals surface area contributed by atoms with Crippen LogP contribution in [0.1, 0.15) is 13.3 Å². The number of hydrogen-bond donors (Lipinski definition) is 1. The second-order valence-electron chi connectivity index (χ2n) is 7.23. The number of benzene rings is 2. The fraction of sp³-hybridized carbons (Fsp3) is 0.286. The van der Waals surface area contributed by atoms with Crippen LogP contribution >= 0.6 is 11.3 Å². The second kappa shape index (κ2) is 10.7. The quantitative estimate of drug-likeness (QED) is 0.312. The third-order valence-corrected chi connectivity index (χ3v) is 6.99. The molecule has 0 fully saturated rings. The van der Waals surface area contributed by atoms with E-state index in [2.05, 4.69) is 15.5 Å². The summed E-state index contributed by atoms with van der Waals surface area (Å²) >= 11 is 1.11. The summed E-state index contributed by atoms with van der Waals surface area (Å²) in [5, 5.41) is 22.7. The first-order valence-corrected chi connectivity index (χ1v) is 12.9. The number of non-ortho nitro benzene ring substituents is 1. The van der Waals surface area contributed by atoms with Crippen LogP contribution in [-0.2, 0) is 14.8 Å². The molecule has 0 bridgehead atoms. The van der Waals surface area contributed by atoms with Crippen LogP contribution in [0.3, 0.4) is 0 Å². The summed E-state index contributed by atoms with van der Waals surface area (Å²) in [7, 11) is -1.20. The van der Waals surface area contributed by atoms with E-state index in [9.17, 15) is 23.3 Å². The highest BCUT2D eigenvalue weighted by molar-refractivity contribution is 7.92. The highest BCUT2D eigenvalue weighted by atomic mass is 32.2. The summed E-state index contributed by atoms with van der Waals surface area (Å²) in [6, 6.07) is 9.39. The van der Waals surface area contributed by atoms with Gasteiger partial charge in [0.25, 0.3) is 5.69 Å². The predicted molar refractivity (Wildman–Crippen MR) is 132 cm³/mol. The normalized spacial score (nSPS) is 12.0. The van der Waals surface area contributed by atoms with Crippen molar-refractivity contribution in [3.05, 3.63) is 52.6 Å². The van der Waals surface area contributed by atoms with E-state index in [0.717, 1.165) is 33.5 Å². The molecule has 0 unspecified atom stereocenters. The van der Waals surface area contributed by atoms with Gasteiger partial charge in [0.1, 0.15) is 28.2 Å². The summed E-state index contributed by atoms with van der Waals surface area (Å²) in [5.74, 6) is 0.0592. The van der Waals surface area contributed by atoms with E-state index >= 15 is 0 Å². The average Bonchev–Trinajstić information content (AvgIpc) is 3.29. The number of amides is 1. The maximum absolute atomic E-state index is 13.2. The number of nitro groups is 1. The smallest absolute Gasteiger partial charge is 0.271 e. The molecule has 1 atom stereocenters. The van der Waals surface area contributed by atoms with Crippen LogP contribution in [0, 0.1) is 10.1 Å². The lowest BCUT2D eigenvalue weighted by atomic mass is 10.1. The minimum Gasteiger partial charge on any atom is -0.497 e. The number of aromatic nitrogens is 2. The van der Waals surface area contributed by atoms with Gasteiger partial charge < -0.3 is 9.47 Å². The van der Waals surface area contributed by atoms with Crippen LogP contribution in [-0.4, -0.2) is 56.0 Å². The summed E-state index contributed by atoms with van der Waals surface area (Å²) < 4.78 is 36.7. The van der Waals surface area contributed by atoms with Gasteiger partial charge in [0, 0.05) is 17.7 Å². The van der Waals surface area contributed by atoms with E-state index in [1.54, 1.807) is 38.3 Å². The molecule has 12 nitrogen and oxygen atoms in total. The Kier molecular flexibility index (Phi) is 7.86. The second-order valence-corrected chi connectivity index (χ2v) is 10.1. The predicted octanol–water partition coefficient (Wildman–Crippen LogP) is 3.31. The van der Waals surface area contributed by atoms with E-state index in [4.69, 9.17) is 9.47 Å². The SMILES string of the molecule is CC[C@H](C(=O)Nc1nnc(-c2ccc(OC)cc2)s1)N(c1cc([N+](=O)[O-])ccc1OC)S(C)(=O)=O. The van der Waals surface area contributed by atoms with Crippen LogP contribution in [0.25, 0.3) is 10.6 Å². The van der Waals surface area contributed by atoms with E-state index < -0.39 is 26.9 Å². The number of sulfonamides is 1. The zero-order chi connectivity index (χ0) is 25.8. The van der Waals surface area contributed by atoms with Gasteiger partial charge in [-0.15, -0.1) is 10.2 Å². The molecular formula is C21H23N5O7S2. The molecule has 1 heterocycles. The zero-order valence-corrected chi connectivity index (χ0v) is 20.9. The third-order valence-electron chi connectivity index (χ3n) is 4.93. The number of ether oxygens (including phenoxy) is 2. The Balaban J connectivity index is 1.93. The minimum atomic E-state index is -4.06. The molecule has 0 radical (unpaired) electrons. The minimum absolute atomic E-state index is 0.0602. The van der Waals surface area contributed by atoms with Gasteiger partial charge in [-0.05, 0) is 36.8 Å². The molecule has 1 N–H and O–H groups in total. The summed E-state index contributed by atoms with van der Waals surface area (Å²) in [6.07, 6.45) is 0.975. The Bertz CT molecular complexity index is 1330. The largest absolute Gasteiger partial charge is 0.497 e. The van der Waals surface area contributed by atoms with Gasteiger partial charge in [0.05, 0.1) is 25.4 Å². The van der Waals surface area contributed by atoms with Gasteiger partial charge in [-0.3, -0.25) is 24.5 Å². The number of rotatable bonds is 10. The Hall–Kier alpha value is -3.78. The maximum atomic E-state index is 13.2. The summed E-state index contributed by atoms with van der Waals surface area (Å²) in [5.41, 5.74) is 0.287. The Labute approximate surface area is 205 Å². The Morgan fingerprint density at radius 2 is 1.86 bits per heavy atom. The number of nitrogens with one attached hydrogen (secondary N) is 1. The monoisotopic (exact) mass is 521 g/mol. The first-order chi connectivity index (χ1) is 16.6. The molecule has 186 valence electrons. The van der Waals surface area contributed by atoms with Crippen molar-refractivity contribution >= 4 is 43.8 Å². The topological polar surface area (TPSA) is 154 Å². The molecule has 3 aromatic rings. The molecule has 0 spiro atoms. The molecule has 3 rings (SSSR count). The fourth-order valence-electron chi connectivity index (χ4n) is 3.31. The molecule has 1 amide bonds. The van der Waals surface area contributed by atoms with E-state index in [-0.39, 0.29) is 28.7 Å². The number of nitrogens with zero attached hydrogens (tertiary/aromatic N) is 4. The molecule has 1 aromatic heterocycles. The number of anilines is 2. The van der Waals surface area contributed by atoms with Crippen molar-refractivity contribution in [1.82, 2.24) is 10.2 Å². The van der Waals surface area contributed by atoms with Gasteiger partial charge in [-0.25, -0.2) is 8.42 Å². The molecule has 0 saturated heterocycles. The van der Waals surface area contributed by atoms with Crippen molar-refractivity contribution in [2.24, 2.45) is 0 Å². The number of carbonyl (C=O) groups is 1. The number of hydrogen-bond acceptors (Lipinski definition) is 10. The van der Waals surface area contributed by atoms with Crippen LogP contribution in [0.2, 0.25) is 0 Å². The number of nitro benzene ring substituents is 1. The molecule has 0 saturated carbocycles. The van der Waals surface area contributed by atoms with Gasteiger partial charge >= 0.3 is 0 Å². The molecule has 0 aliphatic heterocycles. The summed E-state index contributed by atoms with van der Waals surface area (Å²) in [4.78, 5) is 23.8. The standard InChI is InChI=1S/C21H23N5O7S2/c1-5-16(25(35(4,30)31)17-12-14(26(28)29)8-11-18(17)33-3)19(27)22-21-24-23-20(34-21)13-6-9-15(32-2)10-7-13/h6-12,16H,5H2,1-4H3,(H,22,24,27)/t16-/m1/s1. The van der Waals surface area contributed by atoms with Gasteiger partial charge in [-0.1, -0.05) is 18.3 Å². The molecule has 0 aliphatic carbocycles. The number of methoxy groups -OCH3 is 2. The van der Waals surface area contributed by atoms with Crippen molar-refractivity contribution in [1.29, 1.82) is 0 Å². The first-order valence-electron chi connectivity index (χ1n) is 10.2. The zero-order valence-electron chi connectivity index (χ0n) is 19.3. The third kappa shape index (κ3) is 5.84. The lowest BCUT2D eigenvalue weighted by Gasteiger charge is -2.30. The van der Waals surface area contributed by atoms with E-state index in [0.29, 0.717) is 10.8 Å². The highest BCUT2D eigenvalue weighted by Crippen LogP contribution is 2.36. The van der Waals surface area contributed by atoms with Crippen LogP contribution in [0.5, 0.6) is 11.5 Å². The molecule has 35 heavy (non-hydrogen) atoms. The highest BCUT2D eigenvalue weighted by Gasteiger charge is 2.35. The van der Waals surface area contributed by atoms with Gasteiger partial charge in [-0.2, -0.15) is 0 Å². The number of carbonyl (C=O) groups excluding carboxylic acids is 1. The molecule has 0 aliphatic rings. The van der Waals surface area contributed by atoms with E-state index in [1.165, 1.54) is 19.2 Å². The van der Waals surface area contributed by atoms with Gasteiger partial charge in [0.15, 0.2) is 0 Å². The first kappa shape index (κ1) is 25.8. The lowest BCUT2D eigenvalue weighted by molar-refractivity contribution is -0.384. The molecule has 14 heteroatoms. The molecule has 2 aromatic carbocycles. The Morgan fingerprint density at radius 3 is 2.40 bits per heavy atom. The average molecular weight is 522 g/mol. The molecular weight excluding hydrogens is 498 g/mol. The van der Waals surface area contributed by atoms with E-state index in [1.807, 2.05) is 0 Å². The Morgan fingerprint density at radius 1 is 1.17 bits per heavy atom. The maximum Gasteiger partial charge on any atom is 0.271 e. The van der Waals surface area contributed by atoms with Crippen LogP contribution in [0.15, 0.2) is 42.5 Å². The van der Waals surface area contributed by atoms with Crippen molar-refractivity contribution in [3.8, 4) is 22.1 Å².